The van der Waals surface area contributed by atoms with Crippen molar-refractivity contribution in [2.45, 2.75) is 13.0 Å². The van der Waals surface area contributed by atoms with E-state index in [1.165, 1.54) is 10.7 Å². The summed E-state index contributed by atoms with van der Waals surface area (Å²) in [6.07, 6.45) is 3.27. The largest absolute Gasteiger partial charge is 0.486 e. The molecule has 0 saturated carbocycles. The molecule has 1 atom stereocenters. The van der Waals surface area contributed by atoms with Crippen LogP contribution in [-0.2, 0) is 4.79 Å². The minimum absolute atomic E-state index is 0.228. The minimum Gasteiger partial charge on any atom is -0.486 e. The molecule has 7 nitrogen and oxygen atoms in total. The zero-order chi connectivity index (χ0) is 20.1. The number of benzene rings is 1. The molecule has 2 heterocycles. The Kier molecular flexibility index (Phi) is 5.93. The predicted molar refractivity (Wildman–Crippen MR) is 107 cm³/mol. The maximum absolute atomic E-state index is 12.8. The van der Waals surface area contributed by atoms with Crippen LogP contribution >= 0.6 is 0 Å². The molecule has 1 aromatic carbocycles. The third-order valence-electron chi connectivity index (χ3n) is 4.40. The van der Waals surface area contributed by atoms with Crippen LogP contribution in [0.25, 0.3) is 11.3 Å². The fourth-order valence-electron chi connectivity index (χ4n) is 2.99. The van der Waals surface area contributed by atoms with Gasteiger partial charge in [-0.05, 0) is 31.2 Å². The predicted octanol–water partition coefficient (Wildman–Crippen LogP) is 2.44. The van der Waals surface area contributed by atoms with E-state index in [2.05, 4.69) is 18.3 Å². The monoisotopic (exact) mass is 381 g/mol. The van der Waals surface area contributed by atoms with Gasteiger partial charge in [-0.25, -0.2) is 4.68 Å². The first-order valence-electron chi connectivity index (χ1n) is 9.05. The number of carbonyl (C=O) groups excluding carboxylic acids is 1. The summed E-state index contributed by atoms with van der Waals surface area (Å²) in [5.74, 6) is 1.08. The number of aromatic nitrogens is 2. The molecule has 0 bridgehead atoms. The number of hydrogen-bond donors (Lipinski definition) is 0. The number of carbonyl (C=O) groups is 1. The van der Waals surface area contributed by atoms with Crippen molar-refractivity contribution in [3.8, 4) is 22.8 Å². The average molecular weight is 381 g/mol. The molecular formula is C21H23N3O4. The van der Waals surface area contributed by atoms with E-state index in [9.17, 15) is 9.59 Å². The molecule has 7 heteroatoms. The van der Waals surface area contributed by atoms with E-state index in [1.54, 1.807) is 30.0 Å². The normalized spacial score (nSPS) is 13.5. The van der Waals surface area contributed by atoms with Crippen molar-refractivity contribution in [2.24, 2.45) is 0 Å². The van der Waals surface area contributed by atoms with E-state index in [4.69, 9.17) is 9.47 Å². The lowest BCUT2D eigenvalue weighted by molar-refractivity contribution is -0.133. The maximum atomic E-state index is 12.8. The van der Waals surface area contributed by atoms with Gasteiger partial charge >= 0.3 is 0 Å². The molecule has 0 aliphatic carbocycles. The molecule has 0 fully saturated rings. The first kappa shape index (κ1) is 19.4. The molecular weight excluding hydrogens is 358 g/mol. The van der Waals surface area contributed by atoms with Gasteiger partial charge in [-0.15, -0.1) is 13.2 Å². The second-order valence-corrected chi connectivity index (χ2v) is 6.36. The molecule has 0 N–H and O–H groups in total. The summed E-state index contributed by atoms with van der Waals surface area (Å²) in [5, 5.41) is 4.42. The smallest absolute Gasteiger partial charge is 0.267 e. The number of hydrogen-bond acceptors (Lipinski definition) is 5. The Bertz CT molecular complexity index is 941. The second-order valence-electron chi connectivity index (χ2n) is 6.36. The van der Waals surface area contributed by atoms with Gasteiger partial charge in [0.2, 0.25) is 5.91 Å². The van der Waals surface area contributed by atoms with Crippen LogP contribution in [0.1, 0.15) is 13.0 Å². The van der Waals surface area contributed by atoms with Crippen molar-refractivity contribution in [1.82, 2.24) is 14.7 Å². The highest BCUT2D eigenvalue weighted by molar-refractivity contribution is 5.80. The molecule has 2 aromatic rings. The number of rotatable bonds is 7. The lowest BCUT2D eigenvalue weighted by atomic mass is 10.1. The highest BCUT2D eigenvalue weighted by Crippen LogP contribution is 2.33. The summed E-state index contributed by atoms with van der Waals surface area (Å²) in [7, 11) is 0. The SMILES string of the molecule is C=CCN(CC=C)C(=O)C(C)n1nc(-c2ccc3c(c2)OCCO3)ccc1=O. The lowest BCUT2D eigenvalue weighted by Crippen LogP contribution is -2.40. The lowest BCUT2D eigenvalue weighted by Gasteiger charge is -2.24. The summed E-state index contributed by atoms with van der Waals surface area (Å²) in [5.41, 5.74) is 0.987. The van der Waals surface area contributed by atoms with Crippen molar-refractivity contribution < 1.29 is 14.3 Å². The molecule has 0 spiro atoms. The van der Waals surface area contributed by atoms with Crippen LogP contribution in [0.15, 0.2) is 60.4 Å². The summed E-state index contributed by atoms with van der Waals surface area (Å²) >= 11 is 0. The van der Waals surface area contributed by atoms with E-state index in [0.717, 1.165) is 5.56 Å². The van der Waals surface area contributed by atoms with E-state index in [-0.39, 0.29) is 11.5 Å². The molecule has 0 saturated heterocycles. The van der Waals surface area contributed by atoms with Crippen molar-refractivity contribution in [3.63, 3.8) is 0 Å². The van der Waals surface area contributed by atoms with E-state index in [1.807, 2.05) is 18.2 Å². The Morgan fingerprint density at radius 2 is 1.86 bits per heavy atom. The summed E-state index contributed by atoms with van der Waals surface area (Å²) in [6, 6.07) is 7.76. The van der Waals surface area contributed by atoms with Gasteiger partial charge < -0.3 is 14.4 Å². The first-order chi connectivity index (χ1) is 13.5. The van der Waals surface area contributed by atoms with E-state index in [0.29, 0.717) is 43.5 Å². The van der Waals surface area contributed by atoms with Gasteiger partial charge in [-0.2, -0.15) is 5.10 Å². The Balaban J connectivity index is 1.93. The van der Waals surface area contributed by atoms with Crippen LogP contribution in [-0.4, -0.2) is 46.9 Å². The molecule has 1 aliphatic rings. The van der Waals surface area contributed by atoms with Gasteiger partial charge in [0, 0.05) is 24.7 Å². The van der Waals surface area contributed by atoms with Gasteiger partial charge in [-0.1, -0.05) is 12.2 Å². The fraction of sp³-hybridized carbons (Fsp3) is 0.286. The zero-order valence-electron chi connectivity index (χ0n) is 15.8. The Morgan fingerprint density at radius 1 is 1.18 bits per heavy atom. The molecule has 146 valence electrons. The summed E-state index contributed by atoms with van der Waals surface area (Å²) in [4.78, 5) is 26.7. The van der Waals surface area contributed by atoms with Crippen LogP contribution in [0.5, 0.6) is 11.5 Å². The molecule has 3 rings (SSSR count). The van der Waals surface area contributed by atoms with Gasteiger partial charge in [0.25, 0.3) is 5.56 Å². The van der Waals surface area contributed by atoms with Crippen LogP contribution < -0.4 is 15.0 Å². The molecule has 0 radical (unpaired) electrons. The maximum Gasteiger partial charge on any atom is 0.267 e. The van der Waals surface area contributed by atoms with Crippen LogP contribution in [0.4, 0.5) is 0 Å². The number of ether oxygens (including phenoxy) is 2. The average Bonchev–Trinajstić information content (AvgIpc) is 2.72. The van der Waals surface area contributed by atoms with Gasteiger partial charge in [-0.3, -0.25) is 9.59 Å². The standard InChI is InChI=1S/C21H23N3O4/c1-4-10-23(11-5-2)21(26)15(3)24-20(25)9-7-17(22-24)16-6-8-18-19(14-16)28-13-12-27-18/h4-9,14-15H,1-2,10-13H2,3H3. The topological polar surface area (TPSA) is 73.7 Å². The van der Waals surface area contributed by atoms with Gasteiger partial charge in [0.1, 0.15) is 19.3 Å². The quantitative estimate of drug-likeness (QED) is 0.689. The molecule has 1 aliphatic heterocycles. The number of nitrogens with zero attached hydrogens (tertiary/aromatic N) is 3. The first-order valence-corrected chi connectivity index (χ1v) is 9.05. The summed E-state index contributed by atoms with van der Waals surface area (Å²) in [6.45, 7) is 10.7. The highest BCUT2D eigenvalue weighted by Gasteiger charge is 2.23. The molecule has 1 aromatic heterocycles. The Hall–Kier alpha value is -3.35. The third kappa shape index (κ3) is 3.98. The van der Waals surface area contributed by atoms with Crippen LogP contribution in [0.2, 0.25) is 0 Å². The highest BCUT2D eigenvalue weighted by atomic mass is 16.6. The summed E-state index contributed by atoms with van der Waals surface area (Å²) < 4.78 is 12.3. The van der Waals surface area contributed by atoms with Crippen molar-refractivity contribution in [1.29, 1.82) is 0 Å². The Morgan fingerprint density at radius 3 is 2.54 bits per heavy atom. The second kappa shape index (κ2) is 8.56. The number of fused-ring (bicyclic) bond motifs is 1. The van der Waals surface area contributed by atoms with Gasteiger partial charge in [0.05, 0.1) is 5.69 Å². The fourth-order valence-corrected chi connectivity index (χ4v) is 2.99. The van der Waals surface area contributed by atoms with Gasteiger partial charge in [0.15, 0.2) is 11.5 Å². The van der Waals surface area contributed by atoms with E-state index < -0.39 is 6.04 Å². The van der Waals surface area contributed by atoms with E-state index >= 15 is 0 Å². The molecule has 28 heavy (non-hydrogen) atoms. The third-order valence-corrected chi connectivity index (χ3v) is 4.40. The van der Waals surface area contributed by atoms with Crippen LogP contribution in [0.3, 0.4) is 0 Å². The van der Waals surface area contributed by atoms with Crippen molar-refractivity contribution in [3.05, 3.63) is 66.0 Å². The van der Waals surface area contributed by atoms with Crippen LogP contribution in [0, 0.1) is 0 Å². The molecule has 1 unspecified atom stereocenters. The van der Waals surface area contributed by atoms with Crippen molar-refractivity contribution >= 4 is 5.91 Å². The Labute approximate surface area is 163 Å². The molecule has 1 amide bonds. The minimum atomic E-state index is -0.760. The number of amides is 1. The zero-order valence-corrected chi connectivity index (χ0v) is 15.8. The van der Waals surface area contributed by atoms with Crippen molar-refractivity contribution in [2.75, 3.05) is 26.3 Å².